The predicted molar refractivity (Wildman–Crippen MR) is 56.2 cm³/mol. The third kappa shape index (κ3) is 1.41. The molecule has 0 bridgehead atoms. The number of likely N-dealkylation sites (tertiary alicyclic amines) is 1. The topological polar surface area (TPSA) is 20.3 Å². The van der Waals surface area contributed by atoms with Gasteiger partial charge in [-0.2, -0.15) is 0 Å². The second-order valence-corrected chi connectivity index (χ2v) is 4.39. The van der Waals surface area contributed by atoms with Crippen molar-refractivity contribution in [3.63, 3.8) is 0 Å². The third-order valence-corrected chi connectivity index (χ3v) is 2.94. The molecule has 14 heavy (non-hydrogen) atoms. The van der Waals surface area contributed by atoms with E-state index in [1.165, 1.54) is 0 Å². The highest BCUT2D eigenvalue weighted by Gasteiger charge is 2.39. The summed E-state index contributed by atoms with van der Waals surface area (Å²) in [6.45, 7) is 5.11. The lowest BCUT2D eigenvalue weighted by Crippen LogP contribution is -2.58. The van der Waals surface area contributed by atoms with Crippen LogP contribution in [0.15, 0.2) is 30.3 Å². The number of hydrogen-bond acceptors (Lipinski definition) is 1. The zero-order valence-electron chi connectivity index (χ0n) is 8.66. The second-order valence-electron chi connectivity index (χ2n) is 4.39. The number of amides is 1. The molecule has 2 rings (SSSR count). The molecule has 0 aromatic heterocycles. The van der Waals surface area contributed by atoms with Crippen LogP contribution in [0.4, 0.5) is 0 Å². The molecule has 1 fully saturated rings. The maximum absolute atomic E-state index is 12.0. The van der Waals surface area contributed by atoms with Crippen molar-refractivity contribution in [3.8, 4) is 0 Å². The second kappa shape index (κ2) is 3.12. The molecule has 0 aliphatic carbocycles. The molecule has 1 heterocycles. The molecule has 1 aliphatic rings. The van der Waals surface area contributed by atoms with Gasteiger partial charge in [0.2, 0.25) is 0 Å². The molecule has 1 amide bonds. The van der Waals surface area contributed by atoms with Crippen molar-refractivity contribution < 1.29 is 4.79 Å². The predicted octanol–water partition coefficient (Wildman–Crippen LogP) is 2.31. The standard InChI is InChI=1S/C12H15NO/c1-12(2)8-9-13(12)11(14)10-6-4-3-5-7-10/h3-7H,8-9H2,1-2H3. The molecular weight excluding hydrogens is 174 g/mol. The van der Waals surface area contributed by atoms with Gasteiger partial charge in [-0.05, 0) is 32.4 Å². The number of nitrogens with zero attached hydrogens (tertiary/aromatic N) is 1. The summed E-state index contributed by atoms with van der Waals surface area (Å²) < 4.78 is 0. The number of rotatable bonds is 1. The van der Waals surface area contributed by atoms with E-state index in [0.717, 1.165) is 18.5 Å². The minimum absolute atomic E-state index is 0.0485. The van der Waals surface area contributed by atoms with Crippen LogP contribution in [0.25, 0.3) is 0 Å². The van der Waals surface area contributed by atoms with E-state index < -0.39 is 0 Å². The van der Waals surface area contributed by atoms with Crippen molar-refractivity contribution >= 4 is 5.91 Å². The zero-order valence-corrected chi connectivity index (χ0v) is 8.66. The molecule has 0 atom stereocenters. The Labute approximate surface area is 84.5 Å². The van der Waals surface area contributed by atoms with Gasteiger partial charge in [-0.15, -0.1) is 0 Å². The molecule has 1 aliphatic heterocycles. The molecule has 2 nitrogen and oxygen atoms in total. The van der Waals surface area contributed by atoms with Gasteiger partial charge in [-0.25, -0.2) is 0 Å². The minimum Gasteiger partial charge on any atom is -0.333 e. The highest BCUT2D eigenvalue weighted by Crippen LogP contribution is 2.30. The smallest absolute Gasteiger partial charge is 0.254 e. The van der Waals surface area contributed by atoms with E-state index in [0.29, 0.717) is 0 Å². The van der Waals surface area contributed by atoms with Crippen molar-refractivity contribution in [3.05, 3.63) is 35.9 Å². The van der Waals surface area contributed by atoms with E-state index in [-0.39, 0.29) is 11.4 Å². The largest absolute Gasteiger partial charge is 0.333 e. The molecule has 74 valence electrons. The van der Waals surface area contributed by atoms with Crippen molar-refractivity contribution in [2.75, 3.05) is 6.54 Å². The van der Waals surface area contributed by atoms with Crippen LogP contribution < -0.4 is 0 Å². The Morgan fingerprint density at radius 2 is 1.93 bits per heavy atom. The van der Waals surface area contributed by atoms with E-state index in [4.69, 9.17) is 0 Å². The summed E-state index contributed by atoms with van der Waals surface area (Å²) in [6.07, 6.45) is 1.10. The Bertz CT molecular complexity index is 343. The van der Waals surface area contributed by atoms with Crippen molar-refractivity contribution in [2.45, 2.75) is 25.8 Å². The van der Waals surface area contributed by atoms with Crippen LogP contribution in [-0.4, -0.2) is 22.9 Å². The summed E-state index contributed by atoms with van der Waals surface area (Å²) >= 11 is 0. The van der Waals surface area contributed by atoms with Crippen LogP contribution in [0.2, 0.25) is 0 Å². The summed E-state index contributed by atoms with van der Waals surface area (Å²) in [5, 5.41) is 0. The van der Waals surface area contributed by atoms with Gasteiger partial charge in [0.25, 0.3) is 5.91 Å². The fraction of sp³-hybridized carbons (Fsp3) is 0.417. The quantitative estimate of drug-likeness (QED) is 0.664. The van der Waals surface area contributed by atoms with Gasteiger partial charge >= 0.3 is 0 Å². The van der Waals surface area contributed by atoms with E-state index in [1.807, 2.05) is 35.2 Å². The highest BCUT2D eigenvalue weighted by atomic mass is 16.2. The van der Waals surface area contributed by atoms with Gasteiger partial charge in [0, 0.05) is 17.6 Å². The van der Waals surface area contributed by atoms with Crippen LogP contribution in [0.5, 0.6) is 0 Å². The van der Waals surface area contributed by atoms with Gasteiger partial charge in [-0.1, -0.05) is 18.2 Å². The first kappa shape index (κ1) is 9.25. The Balaban J connectivity index is 2.18. The lowest BCUT2D eigenvalue weighted by molar-refractivity contribution is 0.0157. The van der Waals surface area contributed by atoms with Crippen LogP contribution in [0.1, 0.15) is 30.6 Å². The van der Waals surface area contributed by atoms with Crippen LogP contribution in [0, 0.1) is 0 Å². The average Bonchev–Trinajstić information content (AvgIpc) is 2.18. The van der Waals surface area contributed by atoms with Crippen LogP contribution in [0.3, 0.4) is 0 Å². The van der Waals surface area contributed by atoms with E-state index >= 15 is 0 Å². The lowest BCUT2D eigenvalue weighted by Gasteiger charge is -2.48. The van der Waals surface area contributed by atoms with E-state index in [9.17, 15) is 4.79 Å². The maximum atomic E-state index is 12.0. The molecule has 0 radical (unpaired) electrons. The van der Waals surface area contributed by atoms with Crippen LogP contribution >= 0.6 is 0 Å². The summed E-state index contributed by atoms with van der Waals surface area (Å²) in [5.74, 6) is 0.154. The molecule has 0 saturated carbocycles. The first-order chi connectivity index (χ1) is 6.61. The Morgan fingerprint density at radius 1 is 1.29 bits per heavy atom. The van der Waals surface area contributed by atoms with Gasteiger partial charge in [0.05, 0.1) is 0 Å². The zero-order chi connectivity index (χ0) is 10.2. The lowest BCUT2D eigenvalue weighted by atomic mass is 9.88. The number of benzene rings is 1. The molecule has 2 heteroatoms. The minimum atomic E-state index is 0.0485. The molecule has 0 unspecified atom stereocenters. The molecule has 1 saturated heterocycles. The monoisotopic (exact) mass is 189 g/mol. The van der Waals surface area contributed by atoms with Crippen molar-refractivity contribution in [1.82, 2.24) is 4.90 Å². The van der Waals surface area contributed by atoms with Gasteiger partial charge in [-0.3, -0.25) is 4.79 Å². The summed E-state index contributed by atoms with van der Waals surface area (Å²) in [6, 6.07) is 9.48. The average molecular weight is 189 g/mol. The fourth-order valence-electron chi connectivity index (χ4n) is 1.78. The molecule has 0 spiro atoms. The van der Waals surface area contributed by atoms with Gasteiger partial charge < -0.3 is 4.90 Å². The summed E-state index contributed by atoms with van der Waals surface area (Å²) in [7, 11) is 0. The number of carbonyl (C=O) groups is 1. The molecular formula is C12H15NO. The van der Waals surface area contributed by atoms with E-state index in [2.05, 4.69) is 13.8 Å². The van der Waals surface area contributed by atoms with Crippen molar-refractivity contribution in [2.24, 2.45) is 0 Å². The van der Waals surface area contributed by atoms with Gasteiger partial charge in [0.1, 0.15) is 0 Å². The first-order valence-electron chi connectivity index (χ1n) is 4.98. The SMILES string of the molecule is CC1(C)CCN1C(=O)c1ccccc1. The summed E-state index contributed by atoms with van der Waals surface area (Å²) in [5.41, 5.74) is 0.840. The first-order valence-corrected chi connectivity index (χ1v) is 4.98. The number of carbonyl (C=O) groups excluding carboxylic acids is 1. The van der Waals surface area contributed by atoms with Crippen molar-refractivity contribution in [1.29, 1.82) is 0 Å². The molecule has 0 N–H and O–H groups in total. The normalized spacial score (nSPS) is 18.9. The van der Waals surface area contributed by atoms with Crippen LogP contribution in [-0.2, 0) is 0 Å². The molecule has 1 aromatic rings. The Morgan fingerprint density at radius 3 is 2.36 bits per heavy atom. The fourth-order valence-corrected chi connectivity index (χ4v) is 1.78. The summed E-state index contributed by atoms with van der Waals surface area (Å²) in [4.78, 5) is 13.9. The Kier molecular flexibility index (Phi) is 2.06. The molecule has 1 aromatic carbocycles. The van der Waals surface area contributed by atoms with E-state index in [1.54, 1.807) is 0 Å². The third-order valence-electron chi connectivity index (χ3n) is 2.94. The highest BCUT2D eigenvalue weighted by molar-refractivity contribution is 5.95. The maximum Gasteiger partial charge on any atom is 0.254 e. The van der Waals surface area contributed by atoms with Gasteiger partial charge in [0.15, 0.2) is 0 Å². The Hall–Kier alpha value is -1.31. The number of hydrogen-bond donors (Lipinski definition) is 0.